The van der Waals surface area contributed by atoms with Crippen LogP contribution in [0.25, 0.3) is 0 Å². The van der Waals surface area contributed by atoms with Gasteiger partial charge in [0.15, 0.2) is 0 Å². The van der Waals surface area contributed by atoms with Gasteiger partial charge in [0.1, 0.15) is 0 Å². The SMILES string of the molecule is CCCCC(CC)CCNCC(C)C. The first-order valence-electron chi connectivity index (χ1n) is 6.41. The Kier molecular flexibility index (Phi) is 9.49. The zero-order valence-corrected chi connectivity index (χ0v) is 10.6. The lowest BCUT2D eigenvalue weighted by Crippen LogP contribution is -2.22. The molecule has 1 heteroatoms. The Labute approximate surface area is 90.7 Å². The fourth-order valence-corrected chi connectivity index (χ4v) is 1.74. The Bertz CT molecular complexity index is 110. The predicted octanol–water partition coefficient (Wildman–Crippen LogP) is 3.84. The molecule has 0 heterocycles. The molecule has 0 saturated heterocycles. The third kappa shape index (κ3) is 8.55. The van der Waals surface area contributed by atoms with Gasteiger partial charge in [-0.1, -0.05) is 53.4 Å². The van der Waals surface area contributed by atoms with Crippen LogP contribution in [0.2, 0.25) is 0 Å². The molecule has 1 unspecified atom stereocenters. The van der Waals surface area contributed by atoms with Crippen LogP contribution in [-0.4, -0.2) is 13.1 Å². The number of hydrogen-bond donors (Lipinski definition) is 1. The number of unbranched alkanes of at least 4 members (excludes halogenated alkanes) is 1. The minimum Gasteiger partial charge on any atom is -0.316 e. The third-order valence-corrected chi connectivity index (χ3v) is 2.83. The first-order valence-corrected chi connectivity index (χ1v) is 6.41. The normalized spacial score (nSPS) is 13.5. The van der Waals surface area contributed by atoms with E-state index in [0.29, 0.717) is 0 Å². The van der Waals surface area contributed by atoms with Gasteiger partial charge in [0.2, 0.25) is 0 Å². The number of rotatable bonds is 9. The van der Waals surface area contributed by atoms with Gasteiger partial charge in [0.05, 0.1) is 0 Å². The van der Waals surface area contributed by atoms with Crippen molar-refractivity contribution in [3.63, 3.8) is 0 Å². The first-order chi connectivity index (χ1) is 6.70. The van der Waals surface area contributed by atoms with Gasteiger partial charge in [-0.05, 0) is 31.3 Å². The Balaban J connectivity index is 3.33. The molecule has 1 nitrogen and oxygen atoms in total. The topological polar surface area (TPSA) is 12.0 Å². The molecule has 0 aromatic rings. The van der Waals surface area contributed by atoms with E-state index in [4.69, 9.17) is 0 Å². The van der Waals surface area contributed by atoms with Crippen molar-refractivity contribution >= 4 is 0 Å². The summed E-state index contributed by atoms with van der Waals surface area (Å²) in [6.45, 7) is 11.5. The molecule has 14 heavy (non-hydrogen) atoms. The van der Waals surface area contributed by atoms with Gasteiger partial charge in [0.25, 0.3) is 0 Å². The summed E-state index contributed by atoms with van der Waals surface area (Å²) in [5.41, 5.74) is 0. The predicted molar refractivity (Wildman–Crippen MR) is 65.6 cm³/mol. The molecule has 0 aromatic carbocycles. The highest BCUT2D eigenvalue weighted by Gasteiger charge is 2.04. The van der Waals surface area contributed by atoms with Crippen molar-refractivity contribution in [3.8, 4) is 0 Å². The van der Waals surface area contributed by atoms with Crippen LogP contribution in [0.15, 0.2) is 0 Å². The first kappa shape index (κ1) is 14.0. The summed E-state index contributed by atoms with van der Waals surface area (Å²) >= 11 is 0. The summed E-state index contributed by atoms with van der Waals surface area (Å²) in [6.07, 6.45) is 6.89. The van der Waals surface area contributed by atoms with E-state index in [0.717, 1.165) is 11.8 Å². The fraction of sp³-hybridized carbons (Fsp3) is 1.00. The second kappa shape index (κ2) is 9.51. The van der Waals surface area contributed by atoms with E-state index < -0.39 is 0 Å². The Morgan fingerprint density at radius 1 is 1.07 bits per heavy atom. The van der Waals surface area contributed by atoms with Gasteiger partial charge in [-0.3, -0.25) is 0 Å². The molecule has 0 aliphatic rings. The van der Waals surface area contributed by atoms with E-state index in [9.17, 15) is 0 Å². The smallest absolute Gasteiger partial charge is 0.00258 e. The molecule has 0 radical (unpaired) electrons. The largest absolute Gasteiger partial charge is 0.316 e. The summed E-state index contributed by atoms with van der Waals surface area (Å²) in [5, 5.41) is 3.53. The molecule has 1 N–H and O–H groups in total. The average molecular weight is 199 g/mol. The Morgan fingerprint density at radius 3 is 2.29 bits per heavy atom. The molecule has 0 spiro atoms. The highest BCUT2D eigenvalue weighted by molar-refractivity contribution is 4.60. The molecule has 0 amide bonds. The van der Waals surface area contributed by atoms with Gasteiger partial charge in [-0.2, -0.15) is 0 Å². The zero-order chi connectivity index (χ0) is 10.8. The maximum Gasteiger partial charge on any atom is -0.00258 e. The second-order valence-electron chi connectivity index (χ2n) is 4.80. The summed E-state index contributed by atoms with van der Waals surface area (Å²) < 4.78 is 0. The summed E-state index contributed by atoms with van der Waals surface area (Å²) in [7, 11) is 0. The van der Waals surface area contributed by atoms with E-state index >= 15 is 0 Å². The van der Waals surface area contributed by atoms with E-state index in [1.165, 1.54) is 45.2 Å². The molecule has 1 atom stereocenters. The van der Waals surface area contributed by atoms with Crippen molar-refractivity contribution in [2.45, 2.75) is 59.8 Å². The van der Waals surface area contributed by atoms with Crippen molar-refractivity contribution in [1.82, 2.24) is 5.32 Å². The lowest BCUT2D eigenvalue weighted by Gasteiger charge is -2.15. The summed E-state index contributed by atoms with van der Waals surface area (Å²) in [4.78, 5) is 0. The molecule has 0 aromatic heterocycles. The van der Waals surface area contributed by atoms with Gasteiger partial charge < -0.3 is 5.32 Å². The van der Waals surface area contributed by atoms with Crippen molar-refractivity contribution in [2.75, 3.05) is 13.1 Å². The molecule has 0 aliphatic heterocycles. The molecular weight excluding hydrogens is 170 g/mol. The maximum atomic E-state index is 3.53. The van der Waals surface area contributed by atoms with Gasteiger partial charge in [0, 0.05) is 0 Å². The highest BCUT2D eigenvalue weighted by atomic mass is 14.8. The molecular formula is C13H29N. The third-order valence-electron chi connectivity index (χ3n) is 2.83. The highest BCUT2D eigenvalue weighted by Crippen LogP contribution is 2.15. The van der Waals surface area contributed by atoms with Crippen LogP contribution >= 0.6 is 0 Å². The molecule has 0 aliphatic carbocycles. The monoisotopic (exact) mass is 199 g/mol. The van der Waals surface area contributed by atoms with E-state index in [1.54, 1.807) is 0 Å². The average Bonchev–Trinajstić information content (AvgIpc) is 2.16. The van der Waals surface area contributed by atoms with Crippen molar-refractivity contribution in [2.24, 2.45) is 11.8 Å². The molecule has 0 rings (SSSR count). The van der Waals surface area contributed by atoms with Crippen LogP contribution < -0.4 is 5.32 Å². The van der Waals surface area contributed by atoms with Crippen molar-refractivity contribution in [3.05, 3.63) is 0 Å². The van der Waals surface area contributed by atoms with Gasteiger partial charge in [-0.25, -0.2) is 0 Å². The van der Waals surface area contributed by atoms with Crippen LogP contribution in [0.4, 0.5) is 0 Å². The zero-order valence-electron chi connectivity index (χ0n) is 10.6. The van der Waals surface area contributed by atoms with E-state index in [1.807, 2.05) is 0 Å². The Hall–Kier alpha value is -0.0400. The van der Waals surface area contributed by atoms with E-state index in [2.05, 4.69) is 33.0 Å². The fourth-order valence-electron chi connectivity index (χ4n) is 1.74. The lowest BCUT2D eigenvalue weighted by molar-refractivity contribution is 0.403. The molecule has 0 fully saturated rings. The lowest BCUT2D eigenvalue weighted by atomic mass is 9.96. The van der Waals surface area contributed by atoms with E-state index in [-0.39, 0.29) is 0 Å². The van der Waals surface area contributed by atoms with Crippen molar-refractivity contribution in [1.29, 1.82) is 0 Å². The minimum atomic E-state index is 0.783. The minimum absolute atomic E-state index is 0.783. The van der Waals surface area contributed by atoms with Crippen LogP contribution in [-0.2, 0) is 0 Å². The quantitative estimate of drug-likeness (QED) is 0.556. The van der Waals surface area contributed by atoms with Gasteiger partial charge in [-0.15, -0.1) is 0 Å². The maximum absolute atomic E-state index is 3.53. The summed E-state index contributed by atoms with van der Waals surface area (Å²) in [6, 6.07) is 0. The number of hydrogen-bond acceptors (Lipinski definition) is 1. The molecule has 86 valence electrons. The van der Waals surface area contributed by atoms with Crippen LogP contribution in [0.3, 0.4) is 0 Å². The second-order valence-corrected chi connectivity index (χ2v) is 4.80. The Morgan fingerprint density at radius 2 is 1.79 bits per heavy atom. The summed E-state index contributed by atoms with van der Waals surface area (Å²) in [5.74, 6) is 1.74. The van der Waals surface area contributed by atoms with Crippen LogP contribution in [0.1, 0.15) is 59.8 Å². The van der Waals surface area contributed by atoms with Crippen molar-refractivity contribution < 1.29 is 0 Å². The molecule has 0 bridgehead atoms. The standard InChI is InChI=1S/C13H29N/c1-5-7-8-13(6-2)9-10-14-11-12(3)4/h12-14H,5-11H2,1-4H3. The van der Waals surface area contributed by atoms with Crippen LogP contribution in [0, 0.1) is 11.8 Å². The van der Waals surface area contributed by atoms with Crippen LogP contribution in [0.5, 0.6) is 0 Å². The number of nitrogens with one attached hydrogen (secondary N) is 1. The molecule has 0 saturated carbocycles. The van der Waals surface area contributed by atoms with Gasteiger partial charge >= 0.3 is 0 Å².